The van der Waals surface area contributed by atoms with Gasteiger partial charge in [0.05, 0.1) is 0 Å². The summed E-state index contributed by atoms with van der Waals surface area (Å²) in [5.41, 5.74) is 0.965. The molecule has 0 bridgehead atoms. The summed E-state index contributed by atoms with van der Waals surface area (Å²) >= 11 is 3.32. The second-order valence-electron chi connectivity index (χ2n) is 2.84. The zero-order chi connectivity index (χ0) is 10.7. The van der Waals surface area contributed by atoms with E-state index in [0.717, 1.165) is 4.47 Å². The van der Waals surface area contributed by atoms with Crippen molar-refractivity contribution in [1.29, 1.82) is 0 Å². The molecule has 0 aliphatic rings. The molecule has 5 heteroatoms. The summed E-state index contributed by atoms with van der Waals surface area (Å²) in [5.74, 6) is -0.290. The fraction of sp³-hybridized carbons (Fsp3) is 0. The van der Waals surface area contributed by atoms with Crippen LogP contribution in [0.4, 0.5) is 5.69 Å². The maximum atomic E-state index is 11.5. The number of amides is 1. The molecule has 0 saturated heterocycles. The number of anilines is 1. The minimum Gasteiger partial charge on any atom is -0.451 e. The Balaban J connectivity index is 2.13. The molecule has 0 fully saturated rings. The van der Waals surface area contributed by atoms with Crippen LogP contribution in [0.15, 0.2) is 45.8 Å². The number of benzene rings is 1. The molecule has 15 heavy (non-hydrogen) atoms. The van der Waals surface area contributed by atoms with Crippen LogP contribution in [0.25, 0.3) is 0 Å². The zero-order valence-electron chi connectivity index (χ0n) is 7.61. The minimum absolute atomic E-state index is 0.259. The number of oxazole rings is 1. The Morgan fingerprint density at radius 1 is 1.47 bits per heavy atom. The van der Waals surface area contributed by atoms with E-state index >= 15 is 0 Å². The number of hydrogen-bond donors (Lipinski definition) is 1. The number of carbonyl (C=O) groups is 1. The maximum absolute atomic E-state index is 11.5. The molecule has 0 saturated carbocycles. The lowest BCUT2D eigenvalue weighted by Crippen LogP contribution is -2.11. The average Bonchev–Trinajstić information content (AvgIpc) is 2.70. The number of halogens is 1. The van der Waals surface area contributed by atoms with Crippen molar-refractivity contribution < 1.29 is 9.21 Å². The molecule has 76 valence electrons. The van der Waals surface area contributed by atoms with E-state index in [-0.39, 0.29) is 11.6 Å². The highest BCUT2D eigenvalue weighted by atomic mass is 79.9. The second kappa shape index (κ2) is 4.27. The summed E-state index contributed by atoms with van der Waals surface area (Å²) in [6.07, 6.45) is 2.52. The standard InChI is InChI=1S/C10H7BrN2O2/c11-7-2-1-3-8(4-7)13-10(14)9-5-15-6-12-9/h1-6H,(H,13,14). The second-order valence-corrected chi connectivity index (χ2v) is 3.75. The van der Waals surface area contributed by atoms with Crippen LogP contribution in [0.3, 0.4) is 0 Å². The van der Waals surface area contributed by atoms with E-state index in [2.05, 4.69) is 26.2 Å². The molecule has 1 heterocycles. The first kappa shape index (κ1) is 9.92. The Morgan fingerprint density at radius 3 is 3.00 bits per heavy atom. The fourth-order valence-electron chi connectivity index (χ4n) is 1.09. The smallest absolute Gasteiger partial charge is 0.277 e. The number of hydrogen-bond acceptors (Lipinski definition) is 3. The van der Waals surface area contributed by atoms with Crippen LogP contribution in [-0.2, 0) is 0 Å². The minimum atomic E-state index is -0.290. The lowest BCUT2D eigenvalue weighted by Gasteiger charge is -2.02. The third-order valence-corrected chi connectivity index (χ3v) is 2.24. The van der Waals surface area contributed by atoms with Crippen LogP contribution in [0.5, 0.6) is 0 Å². The van der Waals surface area contributed by atoms with Crippen LogP contribution in [-0.4, -0.2) is 10.9 Å². The lowest BCUT2D eigenvalue weighted by molar-refractivity contribution is 0.102. The first-order valence-corrected chi connectivity index (χ1v) is 5.00. The van der Waals surface area contributed by atoms with Gasteiger partial charge in [0.25, 0.3) is 5.91 Å². The lowest BCUT2D eigenvalue weighted by atomic mass is 10.3. The Morgan fingerprint density at radius 2 is 2.33 bits per heavy atom. The number of aromatic nitrogens is 1. The van der Waals surface area contributed by atoms with Gasteiger partial charge in [-0.15, -0.1) is 0 Å². The Bertz CT molecular complexity index is 468. The highest BCUT2D eigenvalue weighted by molar-refractivity contribution is 9.10. The number of carbonyl (C=O) groups excluding carboxylic acids is 1. The zero-order valence-corrected chi connectivity index (χ0v) is 9.19. The van der Waals surface area contributed by atoms with Gasteiger partial charge >= 0.3 is 0 Å². The predicted molar refractivity (Wildman–Crippen MR) is 58.6 cm³/mol. The summed E-state index contributed by atoms with van der Waals surface area (Å²) in [5, 5.41) is 2.69. The molecular formula is C10H7BrN2O2. The molecule has 1 aromatic heterocycles. The van der Waals surface area contributed by atoms with E-state index in [1.54, 1.807) is 12.1 Å². The topological polar surface area (TPSA) is 55.1 Å². The van der Waals surface area contributed by atoms with Crippen molar-refractivity contribution in [2.45, 2.75) is 0 Å². The maximum Gasteiger partial charge on any atom is 0.277 e. The fourth-order valence-corrected chi connectivity index (χ4v) is 1.49. The molecule has 2 rings (SSSR count). The molecule has 2 aromatic rings. The average molecular weight is 267 g/mol. The Kier molecular flexibility index (Phi) is 2.82. The van der Waals surface area contributed by atoms with Crippen molar-refractivity contribution in [3.8, 4) is 0 Å². The van der Waals surface area contributed by atoms with Gasteiger partial charge in [0.15, 0.2) is 12.1 Å². The van der Waals surface area contributed by atoms with Gasteiger partial charge in [-0.2, -0.15) is 0 Å². The summed E-state index contributed by atoms with van der Waals surface area (Å²) in [7, 11) is 0. The molecule has 0 radical (unpaired) electrons. The van der Waals surface area contributed by atoms with Gasteiger partial charge in [-0.25, -0.2) is 4.98 Å². The molecule has 0 spiro atoms. The highest BCUT2D eigenvalue weighted by Crippen LogP contribution is 2.16. The van der Waals surface area contributed by atoms with E-state index < -0.39 is 0 Å². The van der Waals surface area contributed by atoms with Crippen molar-refractivity contribution in [3.63, 3.8) is 0 Å². The van der Waals surface area contributed by atoms with Gasteiger partial charge in [0.2, 0.25) is 0 Å². The normalized spacial score (nSPS) is 9.93. The number of nitrogens with zero attached hydrogens (tertiary/aromatic N) is 1. The largest absolute Gasteiger partial charge is 0.451 e. The van der Waals surface area contributed by atoms with Crippen molar-refractivity contribution in [2.24, 2.45) is 0 Å². The summed E-state index contributed by atoms with van der Waals surface area (Å²) < 4.78 is 5.62. The number of rotatable bonds is 2. The summed E-state index contributed by atoms with van der Waals surface area (Å²) in [6, 6.07) is 7.31. The first-order valence-electron chi connectivity index (χ1n) is 4.21. The first-order chi connectivity index (χ1) is 7.25. The molecular weight excluding hydrogens is 260 g/mol. The van der Waals surface area contributed by atoms with E-state index in [1.807, 2.05) is 12.1 Å². The van der Waals surface area contributed by atoms with Crippen LogP contribution in [0, 0.1) is 0 Å². The molecule has 0 unspecified atom stereocenters. The van der Waals surface area contributed by atoms with Gasteiger partial charge in [-0.05, 0) is 18.2 Å². The molecule has 1 amide bonds. The van der Waals surface area contributed by atoms with Gasteiger partial charge in [0.1, 0.15) is 6.26 Å². The SMILES string of the molecule is O=C(Nc1cccc(Br)c1)c1cocn1. The van der Waals surface area contributed by atoms with Crippen LogP contribution >= 0.6 is 15.9 Å². The van der Waals surface area contributed by atoms with E-state index in [4.69, 9.17) is 4.42 Å². The highest BCUT2D eigenvalue weighted by Gasteiger charge is 2.08. The monoisotopic (exact) mass is 266 g/mol. The van der Waals surface area contributed by atoms with Crippen molar-refractivity contribution >= 4 is 27.5 Å². The molecule has 4 nitrogen and oxygen atoms in total. The van der Waals surface area contributed by atoms with Gasteiger partial charge < -0.3 is 9.73 Å². The third kappa shape index (κ3) is 2.44. The molecule has 0 aliphatic carbocycles. The van der Waals surface area contributed by atoms with Gasteiger partial charge in [-0.3, -0.25) is 4.79 Å². The van der Waals surface area contributed by atoms with Gasteiger partial charge in [0, 0.05) is 10.2 Å². The number of nitrogens with one attached hydrogen (secondary N) is 1. The van der Waals surface area contributed by atoms with Crippen molar-refractivity contribution in [1.82, 2.24) is 4.98 Å². The molecule has 0 aliphatic heterocycles. The molecule has 1 N–H and O–H groups in total. The summed E-state index contributed by atoms with van der Waals surface area (Å²) in [4.78, 5) is 15.3. The Hall–Kier alpha value is -1.62. The van der Waals surface area contributed by atoms with Crippen molar-refractivity contribution in [3.05, 3.63) is 47.1 Å². The van der Waals surface area contributed by atoms with E-state index in [9.17, 15) is 4.79 Å². The quantitative estimate of drug-likeness (QED) is 0.910. The van der Waals surface area contributed by atoms with Crippen LogP contribution in [0.2, 0.25) is 0 Å². The van der Waals surface area contributed by atoms with Crippen molar-refractivity contribution in [2.75, 3.05) is 5.32 Å². The Labute approximate surface area is 94.4 Å². The van der Waals surface area contributed by atoms with E-state index in [1.165, 1.54) is 12.7 Å². The van der Waals surface area contributed by atoms with E-state index in [0.29, 0.717) is 5.69 Å². The summed E-state index contributed by atoms with van der Waals surface area (Å²) in [6.45, 7) is 0. The molecule has 1 aromatic carbocycles. The van der Waals surface area contributed by atoms with Crippen LogP contribution in [0.1, 0.15) is 10.5 Å². The van der Waals surface area contributed by atoms with Crippen LogP contribution < -0.4 is 5.32 Å². The third-order valence-electron chi connectivity index (χ3n) is 1.75. The van der Waals surface area contributed by atoms with Gasteiger partial charge in [-0.1, -0.05) is 22.0 Å². The molecule has 0 atom stereocenters. The predicted octanol–water partition coefficient (Wildman–Crippen LogP) is 2.69.